The van der Waals surface area contributed by atoms with Gasteiger partial charge in [-0.25, -0.2) is 9.11 Å². The molecular weight excluding hydrogens is 584 g/mol. The summed E-state index contributed by atoms with van der Waals surface area (Å²) in [4.78, 5) is 49.6. The van der Waals surface area contributed by atoms with Gasteiger partial charge in [0.05, 0.1) is 19.3 Å². The van der Waals surface area contributed by atoms with Gasteiger partial charge in [-0.2, -0.15) is 0 Å². The molecule has 6 N–H and O–H groups in total. The monoisotopic (exact) mass is 608 g/mol. The predicted octanol–water partition coefficient (Wildman–Crippen LogP) is -10.7. The molecule has 0 amide bonds. The number of rotatable bonds is 9. The van der Waals surface area contributed by atoms with Gasteiger partial charge in [0.15, 0.2) is 6.29 Å². The summed E-state index contributed by atoms with van der Waals surface area (Å²) < 4.78 is 47.8. The number of aromatic nitrogens is 2. The summed E-state index contributed by atoms with van der Waals surface area (Å²) in [5.41, 5.74) is -1.32. The molecule has 0 saturated carbocycles. The van der Waals surface area contributed by atoms with Crippen LogP contribution in [0.25, 0.3) is 0 Å². The van der Waals surface area contributed by atoms with E-state index in [0.717, 1.165) is 4.57 Å². The van der Waals surface area contributed by atoms with Crippen LogP contribution in [-0.2, 0) is 32.0 Å². The summed E-state index contributed by atoms with van der Waals surface area (Å²) >= 11 is 0. The van der Waals surface area contributed by atoms with E-state index in [4.69, 9.17) is 14.6 Å². The maximum Gasteiger partial charge on any atom is 1.00 e. The van der Waals surface area contributed by atoms with Crippen molar-refractivity contribution in [2.24, 2.45) is 0 Å². The van der Waals surface area contributed by atoms with Gasteiger partial charge in [-0.05, 0) is 6.92 Å². The third kappa shape index (κ3) is 9.08. The number of hydrogen-bond acceptors (Lipinski definition) is 16. The molecule has 0 aromatic carbocycles. The second kappa shape index (κ2) is 14.7. The van der Waals surface area contributed by atoms with Crippen molar-refractivity contribution in [3.63, 3.8) is 0 Å². The van der Waals surface area contributed by atoms with Crippen molar-refractivity contribution in [1.82, 2.24) is 9.55 Å². The molecule has 3 unspecified atom stereocenters. The Labute approximate surface area is 258 Å². The van der Waals surface area contributed by atoms with E-state index in [1.165, 1.54) is 13.1 Å². The van der Waals surface area contributed by atoms with E-state index in [1.54, 1.807) is 0 Å². The molecule has 2 aliphatic heterocycles. The molecule has 10 atom stereocenters. The average Bonchev–Trinajstić information content (AvgIpc) is 3.14. The Morgan fingerprint density at radius 1 is 1.05 bits per heavy atom. The van der Waals surface area contributed by atoms with Crippen LogP contribution in [0.5, 0.6) is 0 Å². The molecule has 0 bridgehead atoms. The Bertz CT molecular complexity index is 1150. The topological polar surface area (TPSA) is 282 Å². The van der Waals surface area contributed by atoms with Gasteiger partial charge in [0.2, 0.25) is 0 Å². The first kappa shape index (κ1) is 36.7. The number of aliphatic hydroxyl groups excluding tert-OH is 5. The number of H-pyrrole nitrogens is 1. The van der Waals surface area contributed by atoms with E-state index in [2.05, 4.69) is 13.4 Å². The van der Waals surface area contributed by atoms with E-state index in [-0.39, 0.29) is 71.1 Å². The van der Waals surface area contributed by atoms with Gasteiger partial charge >= 0.3 is 64.8 Å². The molecule has 2 saturated heterocycles. The zero-order valence-electron chi connectivity index (χ0n) is 20.4. The van der Waals surface area contributed by atoms with Crippen molar-refractivity contribution in [3.05, 3.63) is 32.6 Å². The second-order valence-electron chi connectivity index (χ2n) is 7.99. The van der Waals surface area contributed by atoms with Gasteiger partial charge in [-0.3, -0.25) is 28.0 Å². The van der Waals surface area contributed by atoms with Gasteiger partial charge < -0.3 is 49.3 Å². The molecule has 2 fully saturated rings. The fourth-order valence-corrected chi connectivity index (χ4v) is 5.53. The molecule has 0 aliphatic carbocycles. The summed E-state index contributed by atoms with van der Waals surface area (Å²) in [7, 11) is -11.6. The molecule has 0 radical (unpaired) electrons. The van der Waals surface area contributed by atoms with E-state index in [1.807, 2.05) is 4.98 Å². The van der Waals surface area contributed by atoms with Crippen LogP contribution in [0.2, 0.25) is 0 Å². The van der Waals surface area contributed by atoms with Crippen molar-refractivity contribution in [3.8, 4) is 0 Å². The first-order valence-corrected chi connectivity index (χ1v) is 13.2. The van der Waals surface area contributed by atoms with E-state index < -0.39 is 89.2 Å². The Kier molecular flexibility index (Phi) is 14.2. The van der Waals surface area contributed by atoms with E-state index >= 15 is 0 Å². The largest absolute Gasteiger partial charge is 1.00 e. The van der Waals surface area contributed by atoms with Crippen LogP contribution in [-0.4, -0.2) is 91.2 Å². The van der Waals surface area contributed by atoms with E-state index in [9.17, 15) is 48.9 Å². The normalized spacial score (nSPS) is 34.4. The molecule has 3 heterocycles. The van der Waals surface area contributed by atoms with Crippen molar-refractivity contribution in [2.75, 3.05) is 13.2 Å². The van der Waals surface area contributed by atoms with Gasteiger partial charge in [-0.15, -0.1) is 0 Å². The number of aromatic amines is 1. The molecular formula is C16H24N2Na2O16P2. The zero-order chi connectivity index (χ0) is 27.0. The number of nitrogens with one attached hydrogen (secondary N) is 1. The third-order valence-electron chi connectivity index (χ3n) is 5.34. The number of ether oxygens (including phenoxy) is 2. The summed E-state index contributed by atoms with van der Waals surface area (Å²) in [6.07, 6.45) is -12.7. The summed E-state index contributed by atoms with van der Waals surface area (Å²) in [5, 5.41) is 48.4. The van der Waals surface area contributed by atoms with Gasteiger partial charge in [-0.1, -0.05) is 0 Å². The van der Waals surface area contributed by atoms with Gasteiger partial charge in [0.25, 0.3) is 21.2 Å². The zero-order valence-corrected chi connectivity index (χ0v) is 26.2. The first-order valence-electron chi connectivity index (χ1n) is 10.3. The number of nitrogens with zero attached hydrogens (tertiary/aromatic N) is 1. The SMILES string of the molecule is Cc1cn([C@H]2C[C@H](O)[C@@H](COP(=O)([O-])OP(=O)([O-])OC3O[C@H](CO)[C@@H](O)[C@H](O)[C@H]3O)O2)c(=O)[nH]c1=O.[Na+].[Na+]. The molecule has 22 heteroatoms. The van der Waals surface area contributed by atoms with Gasteiger partial charge in [0.1, 0.15) is 36.7 Å². The minimum Gasteiger partial charge on any atom is -0.756 e. The fourth-order valence-electron chi connectivity index (χ4n) is 3.45. The molecule has 206 valence electrons. The fraction of sp³-hybridized carbons (Fsp3) is 0.750. The summed E-state index contributed by atoms with van der Waals surface area (Å²) in [6, 6.07) is 0. The van der Waals surface area contributed by atoms with Crippen LogP contribution < -0.4 is 80.2 Å². The quantitative estimate of drug-likeness (QED) is 0.112. The van der Waals surface area contributed by atoms with Crippen molar-refractivity contribution in [2.45, 2.75) is 62.5 Å². The molecule has 2 aliphatic rings. The van der Waals surface area contributed by atoms with Crippen molar-refractivity contribution >= 4 is 15.6 Å². The number of aryl methyl sites for hydroxylation is 1. The Balaban J connectivity index is 0.00000361. The molecule has 0 spiro atoms. The number of phosphoric acid groups is 2. The van der Waals surface area contributed by atoms with E-state index in [0.29, 0.717) is 0 Å². The second-order valence-corrected chi connectivity index (χ2v) is 10.9. The van der Waals surface area contributed by atoms with Crippen LogP contribution >= 0.6 is 15.6 Å². The smallest absolute Gasteiger partial charge is 0.756 e. The Morgan fingerprint density at radius 3 is 2.29 bits per heavy atom. The minimum absolute atomic E-state index is 0. The molecule has 18 nitrogen and oxygen atoms in total. The predicted molar refractivity (Wildman–Crippen MR) is 108 cm³/mol. The maximum atomic E-state index is 12.0. The minimum atomic E-state index is -5.85. The van der Waals surface area contributed by atoms with Crippen molar-refractivity contribution < 1.29 is 126 Å². The number of phosphoric ester groups is 2. The van der Waals surface area contributed by atoms with Crippen molar-refractivity contribution in [1.29, 1.82) is 0 Å². The molecule has 38 heavy (non-hydrogen) atoms. The van der Waals surface area contributed by atoms with Crippen LogP contribution in [0.1, 0.15) is 18.2 Å². The van der Waals surface area contributed by atoms with Gasteiger partial charge in [0, 0.05) is 18.2 Å². The Morgan fingerprint density at radius 2 is 1.68 bits per heavy atom. The van der Waals surface area contributed by atoms with Crippen LogP contribution in [0.3, 0.4) is 0 Å². The summed E-state index contributed by atoms with van der Waals surface area (Å²) in [5.74, 6) is 0. The third-order valence-corrected chi connectivity index (χ3v) is 7.87. The standard InChI is InChI=1S/C16H26N2O16P2.2Na/c1-6-3-18(16(25)17-14(6)24)10-2-7(20)9(31-10)5-30-35(26,27)34-36(28,29)33-15-13(23)12(22)11(21)8(4-19)32-15;;/h3,7-13,15,19-23H,2,4-5H2,1H3,(H,26,27)(H,28,29)(H,17,24,25);;/q;2*+1/p-2/t7-,8+,9+,10+,11+,12-,13+,15?;;/m0../s1. The maximum absolute atomic E-state index is 12.0. The average molecular weight is 608 g/mol. The Hall–Kier alpha value is 0.660. The van der Waals surface area contributed by atoms with Crippen LogP contribution in [0.4, 0.5) is 0 Å². The van der Waals surface area contributed by atoms with Crippen LogP contribution in [0, 0.1) is 6.92 Å². The molecule has 3 rings (SSSR count). The first-order chi connectivity index (χ1) is 16.6. The number of hydrogen-bond donors (Lipinski definition) is 6. The van der Waals surface area contributed by atoms with Crippen LogP contribution in [0.15, 0.2) is 15.8 Å². The number of aliphatic hydroxyl groups is 5. The summed E-state index contributed by atoms with van der Waals surface area (Å²) in [6.45, 7) is -0.442. The molecule has 1 aromatic rings. The molecule has 1 aromatic heterocycles.